The lowest BCUT2D eigenvalue weighted by Crippen LogP contribution is -2.32. The predicted octanol–water partition coefficient (Wildman–Crippen LogP) is 1.47. The summed E-state index contributed by atoms with van der Waals surface area (Å²) in [4.78, 5) is 11.8. The van der Waals surface area contributed by atoms with Crippen molar-refractivity contribution >= 4 is 11.6 Å². The van der Waals surface area contributed by atoms with E-state index < -0.39 is 6.10 Å². The highest BCUT2D eigenvalue weighted by Gasteiger charge is 2.10. The zero-order valence-corrected chi connectivity index (χ0v) is 10.4. The Hall–Kier alpha value is -1.55. The van der Waals surface area contributed by atoms with Gasteiger partial charge in [-0.05, 0) is 31.0 Å². The number of hydrogen-bond acceptors (Lipinski definition) is 3. The van der Waals surface area contributed by atoms with Crippen molar-refractivity contribution in [2.24, 2.45) is 0 Å². The average molecular weight is 236 g/mol. The average Bonchev–Trinajstić information content (AvgIpc) is 2.29. The maximum absolute atomic E-state index is 11.8. The number of amides is 1. The number of hydrogen-bond donors (Lipinski definition) is 3. The lowest BCUT2D eigenvalue weighted by molar-refractivity contribution is 0.0909. The molecule has 17 heavy (non-hydrogen) atoms. The van der Waals surface area contributed by atoms with Crippen LogP contribution in [0.25, 0.3) is 0 Å². The molecular formula is C13H20N2O2. The molecular weight excluding hydrogens is 216 g/mol. The number of carbonyl (C=O) groups is 1. The van der Waals surface area contributed by atoms with E-state index in [4.69, 9.17) is 5.73 Å². The molecule has 4 nitrogen and oxygen atoms in total. The molecule has 0 saturated heterocycles. The number of nitrogens with one attached hydrogen (secondary N) is 1. The van der Waals surface area contributed by atoms with Crippen molar-refractivity contribution in [3.63, 3.8) is 0 Å². The molecule has 4 N–H and O–H groups in total. The van der Waals surface area contributed by atoms with E-state index in [2.05, 4.69) is 5.32 Å². The fourth-order valence-corrected chi connectivity index (χ4v) is 1.63. The van der Waals surface area contributed by atoms with Crippen molar-refractivity contribution in [3.05, 3.63) is 29.3 Å². The summed E-state index contributed by atoms with van der Waals surface area (Å²) in [5, 5.41) is 12.2. The highest BCUT2D eigenvalue weighted by Crippen LogP contribution is 2.12. The van der Waals surface area contributed by atoms with E-state index in [0.29, 0.717) is 17.7 Å². The Morgan fingerprint density at radius 3 is 2.88 bits per heavy atom. The molecule has 0 fully saturated rings. The van der Waals surface area contributed by atoms with Crippen LogP contribution in [0.2, 0.25) is 0 Å². The van der Waals surface area contributed by atoms with E-state index >= 15 is 0 Å². The van der Waals surface area contributed by atoms with Crippen LogP contribution >= 0.6 is 0 Å². The number of nitrogens with two attached hydrogens (primary N) is 1. The molecule has 1 amide bonds. The Kier molecular flexibility index (Phi) is 4.97. The van der Waals surface area contributed by atoms with Crippen LogP contribution in [0.3, 0.4) is 0 Å². The van der Waals surface area contributed by atoms with Gasteiger partial charge in [0.25, 0.3) is 5.91 Å². The van der Waals surface area contributed by atoms with Gasteiger partial charge in [-0.25, -0.2) is 0 Å². The van der Waals surface area contributed by atoms with Gasteiger partial charge >= 0.3 is 0 Å². The van der Waals surface area contributed by atoms with Crippen molar-refractivity contribution in [1.29, 1.82) is 0 Å². The van der Waals surface area contributed by atoms with E-state index in [0.717, 1.165) is 12.0 Å². The number of nitrogen functional groups attached to an aromatic ring is 1. The zero-order chi connectivity index (χ0) is 12.8. The summed E-state index contributed by atoms with van der Waals surface area (Å²) in [6.07, 6.45) is 1.11. The summed E-state index contributed by atoms with van der Waals surface area (Å²) >= 11 is 0. The van der Waals surface area contributed by atoms with Crippen LogP contribution in [0.15, 0.2) is 18.2 Å². The minimum Gasteiger partial charge on any atom is -0.399 e. The summed E-state index contributed by atoms with van der Waals surface area (Å²) in [6.45, 7) is 4.13. The van der Waals surface area contributed by atoms with Gasteiger partial charge in [-0.15, -0.1) is 0 Å². The van der Waals surface area contributed by atoms with Crippen molar-refractivity contribution in [1.82, 2.24) is 5.32 Å². The topological polar surface area (TPSA) is 75.3 Å². The standard InChI is InChI=1S/C13H20N2O2/c1-3-4-11(16)8-15-13(17)12-7-10(14)6-5-9(12)2/h5-7,11,16H,3-4,8,14H2,1-2H3,(H,15,17). The largest absolute Gasteiger partial charge is 0.399 e. The molecule has 1 atom stereocenters. The molecule has 0 spiro atoms. The van der Waals surface area contributed by atoms with Crippen molar-refractivity contribution in [2.45, 2.75) is 32.8 Å². The summed E-state index contributed by atoms with van der Waals surface area (Å²) in [6, 6.07) is 5.22. The number of anilines is 1. The molecule has 1 rings (SSSR count). The van der Waals surface area contributed by atoms with E-state index in [1.807, 2.05) is 19.9 Å². The van der Waals surface area contributed by atoms with Gasteiger partial charge in [0.2, 0.25) is 0 Å². The number of benzene rings is 1. The van der Waals surface area contributed by atoms with Gasteiger partial charge in [-0.3, -0.25) is 4.79 Å². The van der Waals surface area contributed by atoms with Gasteiger partial charge in [0, 0.05) is 17.8 Å². The number of carbonyl (C=O) groups excluding carboxylic acids is 1. The minimum absolute atomic E-state index is 0.190. The Labute approximate surface area is 102 Å². The molecule has 0 bridgehead atoms. The molecule has 0 heterocycles. The lowest BCUT2D eigenvalue weighted by Gasteiger charge is -2.12. The third-order valence-electron chi connectivity index (χ3n) is 2.63. The maximum atomic E-state index is 11.8. The molecule has 0 saturated carbocycles. The van der Waals surface area contributed by atoms with Gasteiger partial charge in [0.1, 0.15) is 0 Å². The van der Waals surface area contributed by atoms with E-state index in [-0.39, 0.29) is 12.5 Å². The Morgan fingerprint density at radius 1 is 1.53 bits per heavy atom. The SMILES string of the molecule is CCCC(O)CNC(=O)c1cc(N)ccc1C. The molecule has 0 aliphatic rings. The van der Waals surface area contributed by atoms with Crippen LogP contribution in [0.1, 0.15) is 35.7 Å². The summed E-state index contributed by atoms with van der Waals surface area (Å²) in [5.41, 5.74) is 7.64. The third-order valence-corrected chi connectivity index (χ3v) is 2.63. The molecule has 1 aromatic carbocycles. The van der Waals surface area contributed by atoms with Crippen LogP contribution in [0, 0.1) is 6.92 Å². The fraction of sp³-hybridized carbons (Fsp3) is 0.462. The molecule has 4 heteroatoms. The van der Waals surface area contributed by atoms with Crippen molar-refractivity contribution in [3.8, 4) is 0 Å². The second-order valence-electron chi connectivity index (χ2n) is 4.23. The van der Waals surface area contributed by atoms with Gasteiger partial charge in [0.15, 0.2) is 0 Å². The number of aryl methyl sites for hydroxylation is 1. The zero-order valence-electron chi connectivity index (χ0n) is 10.4. The number of aliphatic hydroxyl groups excluding tert-OH is 1. The fourth-order valence-electron chi connectivity index (χ4n) is 1.63. The summed E-state index contributed by atoms with van der Waals surface area (Å²) in [7, 11) is 0. The Balaban J connectivity index is 2.61. The van der Waals surface area contributed by atoms with Gasteiger partial charge in [-0.1, -0.05) is 19.4 Å². The molecule has 0 radical (unpaired) electrons. The van der Waals surface area contributed by atoms with E-state index in [1.54, 1.807) is 12.1 Å². The monoisotopic (exact) mass is 236 g/mol. The predicted molar refractivity (Wildman–Crippen MR) is 68.8 cm³/mol. The molecule has 94 valence electrons. The minimum atomic E-state index is -0.481. The van der Waals surface area contributed by atoms with Gasteiger partial charge in [-0.2, -0.15) is 0 Å². The molecule has 0 aromatic heterocycles. The van der Waals surface area contributed by atoms with E-state index in [1.165, 1.54) is 0 Å². The van der Waals surface area contributed by atoms with Crippen LogP contribution in [0.5, 0.6) is 0 Å². The van der Waals surface area contributed by atoms with Gasteiger partial charge < -0.3 is 16.2 Å². The Morgan fingerprint density at radius 2 is 2.24 bits per heavy atom. The third kappa shape index (κ3) is 4.07. The van der Waals surface area contributed by atoms with Crippen molar-refractivity contribution in [2.75, 3.05) is 12.3 Å². The quantitative estimate of drug-likeness (QED) is 0.678. The second-order valence-corrected chi connectivity index (χ2v) is 4.23. The van der Waals surface area contributed by atoms with Crippen molar-refractivity contribution < 1.29 is 9.90 Å². The maximum Gasteiger partial charge on any atom is 0.251 e. The van der Waals surface area contributed by atoms with Gasteiger partial charge in [0.05, 0.1) is 6.10 Å². The Bertz CT molecular complexity index is 391. The molecule has 1 aromatic rings. The van der Waals surface area contributed by atoms with Crippen LogP contribution in [-0.4, -0.2) is 23.7 Å². The van der Waals surface area contributed by atoms with Crippen LogP contribution in [-0.2, 0) is 0 Å². The van der Waals surface area contributed by atoms with Crippen LogP contribution < -0.4 is 11.1 Å². The molecule has 0 aliphatic heterocycles. The first-order valence-corrected chi connectivity index (χ1v) is 5.87. The lowest BCUT2D eigenvalue weighted by atomic mass is 10.1. The smallest absolute Gasteiger partial charge is 0.251 e. The first-order valence-electron chi connectivity index (χ1n) is 5.87. The first-order chi connectivity index (χ1) is 8.04. The highest BCUT2D eigenvalue weighted by atomic mass is 16.3. The molecule has 1 unspecified atom stereocenters. The summed E-state index contributed by atoms with van der Waals surface area (Å²) < 4.78 is 0. The first kappa shape index (κ1) is 13.5. The molecule has 0 aliphatic carbocycles. The highest BCUT2D eigenvalue weighted by molar-refractivity contribution is 5.96. The normalized spacial score (nSPS) is 12.2. The number of aliphatic hydroxyl groups is 1. The number of rotatable bonds is 5. The van der Waals surface area contributed by atoms with Crippen LogP contribution in [0.4, 0.5) is 5.69 Å². The summed E-state index contributed by atoms with van der Waals surface area (Å²) in [5.74, 6) is -0.190. The van der Waals surface area contributed by atoms with E-state index in [9.17, 15) is 9.90 Å². The second kappa shape index (κ2) is 6.25.